The van der Waals surface area contributed by atoms with Crippen molar-refractivity contribution in [3.05, 3.63) is 53.8 Å². The van der Waals surface area contributed by atoms with E-state index in [4.69, 9.17) is 0 Å². The lowest BCUT2D eigenvalue weighted by Gasteiger charge is -2.26. The van der Waals surface area contributed by atoms with Crippen molar-refractivity contribution in [2.75, 3.05) is 5.32 Å². The normalized spacial score (nSPS) is 12.1. The van der Waals surface area contributed by atoms with E-state index in [2.05, 4.69) is 26.1 Å². The summed E-state index contributed by atoms with van der Waals surface area (Å²) < 4.78 is 13.1. The average Bonchev–Trinajstić information content (AvgIpc) is 2.45. The first-order valence-corrected chi connectivity index (χ1v) is 8.20. The molecule has 2 aromatic rings. The van der Waals surface area contributed by atoms with Crippen LogP contribution in [0.3, 0.4) is 0 Å². The number of benzene rings is 2. The average molecular weight is 327 g/mol. The molecule has 0 saturated carbocycles. The van der Waals surface area contributed by atoms with Crippen molar-refractivity contribution >= 4 is 11.6 Å². The Morgan fingerprint density at radius 1 is 0.875 bits per heavy atom. The van der Waals surface area contributed by atoms with Gasteiger partial charge in [0.25, 0.3) is 0 Å². The molecule has 0 heterocycles. The minimum Gasteiger partial charge on any atom is -0.325 e. The Morgan fingerprint density at radius 3 is 1.92 bits per heavy atom. The lowest BCUT2D eigenvalue weighted by Crippen LogP contribution is -2.29. The predicted octanol–water partition coefficient (Wildman–Crippen LogP) is 5.77. The number of nitrogens with one attached hydrogen (secondary N) is 1. The van der Waals surface area contributed by atoms with Gasteiger partial charge in [-0.3, -0.25) is 4.79 Å². The van der Waals surface area contributed by atoms with E-state index in [9.17, 15) is 9.18 Å². The van der Waals surface area contributed by atoms with Crippen LogP contribution in [0.25, 0.3) is 11.1 Å². The lowest BCUT2D eigenvalue weighted by atomic mass is 9.84. The first kappa shape index (κ1) is 18.2. The van der Waals surface area contributed by atoms with Crippen LogP contribution in [0, 0.1) is 11.2 Å². The van der Waals surface area contributed by atoms with Crippen molar-refractivity contribution in [2.24, 2.45) is 5.41 Å². The number of halogens is 1. The molecule has 0 spiro atoms. The molecular formula is C21H26FNO. The summed E-state index contributed by atoms with van der Waals surface area (Å²) in [6, 6.07) is 12.4. The molecule has 0 aliphatic carbocycles. The Hall–Kier alpha value is -2.16. The summed E-state index contributed by atoms with van der Waals surface area (Å²) in [6.07, 6.45) is 0. The van der Waals surface area contributed by atoms with Gasteiger partial charge in [0.1, 0.15) is 5.82 Å². The Balaban J connectivity index is 2.49. The van der Waals surface area contributed by atoms with Crippen LogP contribution in [-0.4, -0.2) is 5.91 Å². The maximum Gasteiger partial charge on any atom is 0.229 e. The van der Waals surface area contributed by atoms with E-state index < -0.39 is 5.41 Å². The van der Waals surface area contributed by atoms with E-state index in [1.54, 1.807) is 12.1 Å². The molecule has 24 heavy (non-hydrogen) atoms. The third kappa shape index (κ3) is 4.22. The van der Waals surface area contributed by atoms with Crippen LogP contribution in [0.4, 0.5) is 10.1 Å². The first-order valence-electron chi connectivity index (χ1n) is 8.20. The summed E-state index contributed by atoms with van der Waals surface area (Å²) >= 11 is 0. The first-order chi connectivity index (χ1) is 11.0. The molecule has 2 aromatic carbocycles. The second-order valence-corrected chi connectivity index (χ2v) is 8.22. The number of amides is 1. The van der Waals surface area contributed by atoms with Crippen molar-refractivity contribution in [1.29, 1.82) is 0 Å². The van der Waals surface area contributed by atoms with Crippen LogP contribution in [-0.2, 0) is 10.2 Å². The van der Waals surface area contributed by atoms with Crippen molar-refractivity contribution < 1.29 is 9.18 Å². The summed E-state index contributed by atoms with van der Waals surface area (Å²) in [5.74, 6) is -0.282. The molecule has 0 aliphatic heterocycles. The van der Waals surface area contributed by atoms with Crippen LogP contribution in [0.1, 0.15) is 47.1 Å². The van der Waals surface area contributed by atoms with E-state index in [-0.39, 0.29) is 17.1 Å². The zero-order valence-corrected chi connectivity index (χ0v) is 15.3. The van der Waals surface area contributed by atoms with Gasteiger partial charge in [0.2, 0.25) is 5.91 Å². The third-order valence-electron chi connectivity index (χ3n) is 3.93. The van der Waals surface area contributed by atoms with Crippen LogP contribution < -0.4 is 5.32 Å². The number of hydrogen-bond donors (Lipinski definition) is 1. The summed E-state index contributed by atoms with van der Waals surface area (Å²) in [5.41, 5.74) is 3.19. The molecule has 0 atom stereocenters. The summed E-state index contributed by atoms with van der Waals surface area (Å²) in [4.78, 5) is 12.4. The van der Waals surface area contributed by atoms with Gasteiger partial charge in [0, 0.05) is 11.1 Å². The quantitative estimate of drug-likeness (QED) is 0.745. The molecule has 128 valence electrons. The van der Waals surface area contributed by atoms with Gasteiger partial charge >= 0.3 is 0 Å². The van der Waals surface area contributed by atoms with Gasteiger partial charge in [-0.25, -0.2) is 4.39 Å². The standard InChI is InChI=1S/C21H26FNO/c1-20(2,3)17-12-9-15(14-7-10-16(22)11-8-14)13-18(17)23-19(24)21(4,5)6/h7-13H,1-6H3,(H,23,24). The molecule has 0 aliphatic rings. The van der Waals surface area contributed by atoms with Gasteiger partial charge < -0.3 is 5.32 Å². The minimum absolute atomic E-state index is 0.0238. The number of rotatable bonds is 2. The predicted molar refractivity (Wildman–Crippen MR) is 98.6 cm³/mol. The van der Waals surface area contributed by atoms with Crippen LogP contribution in [0.15, 0.2) is 42.5 Å². The highest BCUT2D eigenvalue weighted by Crippen LogP contribution is 2.34. The number of hydrogen-bond acceptors (Lipinski definition) is 1. The van der Waals surface area contributed by atoms with Gasteiger partial charge in [-0.2, -0.15) is 0 Å². The highest BCUT2D eigenvalue weighted by Gasteiger charge is 2.25. The maximum absolute atomic E-state index is 13.1. The fraction of sp³-hybridized carbons (Fsp3) is 0.381. The summed E-state index contributed by atoms with van der Waals surface area (Å²) in [6.45, 7) is 12.0. The van der Waals surface area contributed by atoms with Crippen LogP contribution in [0.5, 0.6) is 0 Å². The smallest absolute Gasteiger partial charge is 0.229 e. The third-order valence-corrected chi connectivity index (χ3v) is 3.93. The Kier molecular flexibility index (Phi) is 4.84. The topological polar surface area (TPSA) is 29.1 Å². The number of carbonyl (C=O) groups excluding carboxylic acids is 1. The Bertz CT molecular complexity index is 734. The van der Waals surface area contributed by atoms with Crippen molar-refractivity contribution in [2.45, 2.75) is 47.0 Å². The highest BCUT2D eigenvalue weighted by atomic mass is 19.1. The molecule has 0 fully saturated rings. The van der Waals surface area contributed by atoms with E-state index in [1.165, 1.54) is 12.1 Å². The fourth-order valence-electron chi connectivity index (χ4n) is 2.43. The van der Waals surface area contributed by atoms with Gasteiger partial charge in [-0.15, -0.1) is 0 Å². The lowest BCUT2D eigenvalue weighted by molar-refractivity contribution is -0.123. The second kappa shape index (κ2) is 6.39. The second-order valence-electron chi connectivity index (χ2n) is 8.22. The van der Waals surface area contributed by atoms with Gasteiger partial charge in [-0.05, 0) is 40.3 Å². The van der Waals surface area contributed by atoms with Crippen molar-refractivity contribution in [3.63, 3.8) is 0 Å². The summed E-state index contributed by atoms with van der Waals surface area (Å²) in [5, 5.41) is 3.07. The van der Waals surface area contributed by atoms with E-state index >= 15 is 0 Å². The maximum atomic E-state index is 13.1. The zero-order chi connectivity index (χ0) is 18.1. The van der Waals surface area contributed by atoms with Gasteiger partial charge in [0.15, 0.2) is 0 Å². The van der Waals surface area contributed by atoms with Gasteiger partial charge in [0.05, 0.1) is 0 Å². The monoisotopic (exact) mass is 327 g/mol. The van der Waals surface area contributed by atoms with Gasteiger partial charge in [-0.1, -0.05) is 65.8 Å². The van der Waals surface area contributed by atoms with E-state index in [1.807, 2.05) is 39.0 Å². The molecule has 3 heteroatoms. The largest absolute Gasteiger partial charge is 0.325 e. The van der Waals surface area contributed by atoms with Crippen LogP contribution >= 0.6 is 0 Å². The molecule has 0 aromatic heterocycles. The Morgan fingerprint density at radius 2 is 1.42 bits per heavy atom. The zero-order valence-electron chi connectivity index (χ0n) is 15.3. The SMILES string of the molecule is CC(C)(C)C(=O)Nc1cc(-c2ccc(F)cc2)ccc1C(C)(C)C. The summed E-state index contributed by atoms with van der Waals surface area (Å²) in [7, 11) is 0. The van der Waals surface area contributed by atoms with Crippen LogP contribution in [0.2, 0.25) is 0 Å². The minimum atomic E-state index is -0.471. The molecule has 0 unspecified atom stereocenters. The molecule has 0 radical (unpaired) electrons. The molecule has 0 saturated heterocycles. The Labute approximate surface area is 144 Å². The molecule has 2 nitrogen and oxygen atoms in total. The van der Waals surface area contributed by atoms with Crippen molar-refractivity contribution in [3.8, 4) is 11.1 Å². The highest BCUT2D eigenvalue weighted by molar-refractivity contribution is 5.96. The fourth-order valence-corrected chi connectivity index (χ4v) is 2.43. The number of anilines is 1. The molecule has 2 rings (SSSR count). The molecular weight excluding hydrogens is 301 g/mol. The van der Waals surface area contributed by atoms with E-state index in [0.29, 0.717) is 0 Å². The molecule has 1 amide bonds. The molecule has 0 bridgehead atoms. The number of carbonyl (C=O) groups is 1. The van der Waals surface area contributed by atoms with Crippen molar-refractivity contribution in [1.82, 2.24) is 0 Å². The molecule has 1 N–H and O–H groups in total. The van der Waals surface area contributed by atoms with E-state index in [0.717, 1.165) is 22.4 Å².